The molecular weight excluding hydrogens is 316 g/mol. The highest BCUT2D eigenvalue weighted by Gasteiger charge is 2.22. The second kappa shape index (κ2) is 7.61. The molecule has 0 aliphatic carbocycles. The van der Waals surface area contributed by atoms with Crippen LogP contribution in [0.2, 0.25) is 0 Å². The van der Waals surface area contributed by atoms with Gasteiger partial charge in [-0.1, -0.05) is 24.3 Å². The van der Waals surface area contributed by atoms with Crippen LogP contribution in [0.3, 0.4) is 0 Å². The fourth-order valence-electron chi connectivity index (χ4n) is 1.73. The Balaban J connectivity index is 1.93. The first-order valence-electron chi connectivity index (χ1n) is 6.73. The number of nitrogens with zero attached hydrogens (tertiary/aromatic N) is 3. The molecule has 0 aliphatic rings. The third-order valence-corrected chi connectivity index (χ3v) is 4.72. The molecule has 0 saturated carbocycles. The van der Waals surface area contributed by atoms with Gasteiger partial charge in [-0.15, -0.1) is 0 Å². The fraction of sp³-hybridized carbons (Fsp3) is 0.133. The van der Waals surface area contributed by atoms with E-state index in [0.717, 1.165) is 9.87 Å². The van der Waals surface area contributed by atoms with Crippen LogP contribution in [0.15, 0.2) is 64.9 Å². The number of pyridine rings is 1. The Morgan fingerprint density at radius 3 is 2.65 bits per heavy atom. The van der Waals surface area contributed by atoms with Crippen molar-refractivity contribution in [3.05, 3.63) is 60.4 Å². The van der Waals surface area contributed by atoms with Crippen molar-refractivity contribution in [2.24, 2.45) is 5.10 Å². The summed E-state index contributed by atoms with van der Waals surface area (Å²) in [5.41, 5.74) is 3.00. The predicted molar refractivity (Wildman–Crippen MR) is 86.2 cm³/mol. The Morgan fingerprint density at radius 1 is 1.26 bits per heavy atom. The topological polar surface area (TPSA) is 91.7 Å². The number of aromatic nitrogens is 1. The van der Waals surface area contributed by atoms with Gasteiger partial charge in [0.1, 0.15) is 0 Å². The number of nitrogens with one attached hydrogen (secondary N) is 1. The van der Waals surface area contributed by atoms with Crippen LogP contribution in [0.4, 0.5) is 0 Å². The molecule has 0 saturated heterocycles. The number of amides is 1. The third kappa shape index (κ3) is 4.70. The van der Waals surface area contributed by atoms with Gasteiger partial charge < -0.3 is 0 Å². The van der Waals surface area contributed by atoms with Crippen LogP contribution in [0.1, 0.15) is 5.56 Å². The summed E-state index contributed by atoms with van der Waals surface area (Å²) in [4.78, 5) is 15.8. The summed E-state index contributed by atoms with van der Waals surface area (Å²) in [7, 11) is -2.36. The zero-order chi connectivity index (χ0) is 16.7. The molecule has 7 nitrogen and oxygen atoms in total. The zero-order valence-electron chi connectivity index (χ0n) is 12.5. The second-order valence-electron chi connectivity index (χ2n) is 4.65. The highest BCUT2D eigenvalue weighted by atomic mass is 32.2. The molecule has 1 amide bonds. The first kappa shape index (κ1) is 16.8. The number of hydrogen-bond donors (Lipinski definition) is 1. The van der Waals surface area contributed by atoms with Crippen molar-refractivity contribution >= 4 is 22.1 Å². The van der Waals surface area contributed by atoms with Crippen molar-refractivity contribution in [2.45, 2.75) is 4.90 Å². The number of hydrazone groups is 1. The molecule has 0 radical (unpaired) electrons. The van der Waals surface area contributed by atoms with Crippen LogP contribution in [0, 0.1) is 0 Å². The summed E-state index contributed by atoms with van der Waals surface area (Å²) in [5.74, 6) is -0.535. The van der Waals surface area contributed by atoms with Crippen LogP contribution < -0.4 is 5.43 Å². The molecule has 1 aromatic heterocycles. The summed E-state index contributed by atoms with van der Waals surface area (Å²) >= 11 is 0. The molecule has 2 rings (SSSR count). The van der Waals surface area contributed by atoms with E-state index in [2.05, 4.69) is 15.5 Å². The molecule has 0 atom stereocenters. The van der Waals surface area contributed by atoms with Gasteiger partial charge in [-0.25, -0.2) is 13.8 Å². The van der Waals surface area contributed by atoms with Crippen molar-refractivity contribution in [3.8, 4) is 0 Å². The standard InChI is InChI=1S/C15H16N4O3S/c1-19(23(21,22)14-7-3-2-4-8-14)12-15(20)18-17-11-13-6-5-9-16-10-13/h2-11H,12H2,1H3,(H,18,20)/b17-11-. The van der Waals surface area contributed by atoms with Gasteiger partial charge in [-0.3, -0.25) is 9.78 Å². The molecule has 1 aromatic carbocycles. The van der Waals surface area contributed by atoms with Gasteiger partial charge in [0.15, 0.2) is 0 Å². The molecule has 1 heterocycles. The van der Waals surface area contributed by atoms with Crippen LogP contribution in [-0.2, 0) is 14.8 Å². The minimum Gasteiger partial charge on any atom is -0.272 e. The predicted octanol–water partition coefficient (Wildman–Crippen LogP) is 0.852. The van der Waals surface area contributed by atoms with Gasteiger partial charge in [0.2, 0.25) is 10.0 Å². The number of sulfonamides is 1. The van der Waals surface area contributed by atoms with E-state index in [1.54, 1.807) is 42.7 Å². The summed E-state index contributed by atoms with van der Waals surface area (Å²) in [6.45, 7) is -0.332. The monoisotopic (exact) mass is 332 g/mol. The lowest BCUT2D eigenvalue weighted by Crippen LogP contribution is -2.36. The van der Waals surface area contributed by atoms with Crippen molar-refractivity contribution in [2.75, 3.05) is 13.6 Å². The summed E-state index contributed by atoms with van der Waals surface area (Å²) in [6.07, 6.45) is 4.64. The van der Waals surface area contributed by atoms with Crippen LogP contribution >= 0.6 is 0 Å². The van der Waals surface area contributed by atoms with Crippen molar-refractivity contribution in [1.29, 1.82) is 0 Å². The van der Waals surface area contributed by atoms with Gasteiger partial charge in [0.05, 0.1) is 17.7 Å². The number of rotatable bonds is 6. The van der Waals surface area contributed by atoms with Gasteiger partial charge in [0.25, 0.3) is 5.91 Å². The molecule has 0 unspecified atom stereocenters. The Hall–Kier alpha value is -2.58. The number of carbonyl (C=O) groups excluding carboxylic acids is 1. The van der Waals surface area contributed by atoms with E-state index < -0.39 is 15.9 Å². The maximum atomic E-state index is 12.3. The van der Waals surface area contributed by atoms with E-state index >= 15 is 0 Å². The average molecular weight is 332 g/mol. The molecule has 120 valence electrons. The minimum absolute atomic E-state index is 0.133. The molecule has 8 heteroatoms. The van der Waals surface area contributed by atoms with Crippen molar-refractivity contribution in [3.63, 3.8) is 0 Å². The minimum atomic E-state index is -3.70. The van der Waals surface area contributed by atoms with E-state index in [4.69, 9.17) is 0 Å². The van der Waals surface area contributed by atoms with Crippen molar-refractivity contribution < 1.29 is 13.2 Å². The van der Waals surface area contributed by atoms with E-state index in [9.17, 15) is 13.2 Å². The first-order valence-corrected chi connectivity index (χ1v) is 8.17. The quantitative estimate of drug-likeness (QED) is 0.627. The van der Waals surface area contributed by atoms with Crippen molar-refractivity contribution in [1.82, 2.24) is 14.7 Å². The molecule has 0 aliphatic heterocycles. The van der Waals surface area contributed by atoms with E-state index in [1.807, 2.05) is 0 Å². The van der Waals surface area contributed by atoms with E-state index in [0.29, 0.717) is 0 Å². The Kier molecular flexibility index (Phi) is 5.56. The highest BCUT2D eigenvalue weighted by Crippen LogP contribution is 2.12. The SMILES string of the molecule is CN(CC(=O)N/N=C\c1cccnc1)S(=O)(=O)c1ccccc1. The second-order valence-corrected chi connectivity index (χ2v) is 6.70. The molecule has 2 aromatic rings. The molecular formula is C15H16N4O3S. The maximum Gasteiger partial charge on any atom is 0.255 e. The molecule has 0 spiro atoms. The number of carbonyl (C=O) groups is 1. The number of benzene rings is 1. The maximum absolute atomic E-state index is 12.3. The lowest BCUT2D eigenvalue weighted by Gasteiger charge is -2.15. The molecule has 1 N–H and O–H groups in total. The summed E-state index contributed by atoms with van der Waals surface area (Å²) < 4.78 is 25.5. The highest BCUT2D eigenvalue weighted by molar-refractivity contribution is 7.89. The molecule has 0 fully saturated rings. The van der Waals surface area contributed by atoms with Crippen LogP contribution in [0.25, 0.3) is 0 Å². The summed E-state index contributed by atoms with van der Waals surface area (Å²) in [5, 5.41) is 3.76. The first-order chi connectivity index (χ1) is 11.0. The average Bonchev–Trinajstić information content (AvgIpc) is 2.56. The van der Waals surface area contributed by atoms with E-state index in [-0.39, 0.29) is 11.4 Å². The smallest absolute Gasteiger partial charge is 0.255 e. The van der Waals surface area contributed by atoms with Gasteiger partial charge >= 0.3 is 0 Å². The number of hydrogen-bond acceptors (Lipinski definition) is 5. The fourth-order valence-corrected chi connectivity index (χ4v) is 2.87. The Bertz CT molecular complexity index is 777. The van der Waals surface area contributed by atoms with Gasteiger partial charge in [0, 0.05) is 25.0 Å². The Labute approximate surface area is 134 Å². The normalized spacial score (nSPS) is 11.7. The zero-order valence-corrected chi connectivity index (χ0v) is 13.3. The summed E-state index contributed by atoms with van der Waals surface area (Å²) in [6, 6.07) is 11.4. The molecule has 23 heavy (non-hydrogen) atoms. The van der Waals surface area contributed by atoms with Gasteiger partial charge in [-0.2, -0.15) is 9.41 Å². The van der Waals surface area contributed by atoms with Gasteiger partial charge in [-0.05, 0) is 18.2 Å². The van der Waals surface area contributed by atoms with Crippen LogP contribution in [-0.4, -0.2) is 43.4 Å². The molecule has 0 bridgehead atoms. The lowest BCUT2D eigenvalue weighted by atomic mass is 10.3. The Morgan fingerprint density at radius 2 is 2.00 bits per heavy atom. The van der Waals surface area contributed by atoms with E-state index in [1.165, 1.54) is 25.4 Å². The largest absolute Gasteiger partial charge is 0.272 e. The van der Waals surface area contributed by atoms with Crippen LogP contribution in [0.5, 0.6) is 0 Å². The third-order valence-electron chi connectivity index (χ3n) is 2.90. The lowest BCUT2D eigenvalue weighted by molar-refractivity contribution is -0.121. The number of likely N-dealkylation sites (N-methyl/N-ethyl adjacent to an activating group) is 1.